The lowest BCUT2D eigenvalue weighted by atomic mass is 10.3. The van der Waals surface area contributed by atoms with Crippen LogP contribution in [0.4, 0.5) is 10.5 Å². The van der Waals surface area contributed by atoms with Gasteiger partial charge in [-0.2, -0.15) is 4.98 Å². The molecule has 0 saturated heterocycles. The molecule has 0 bridgehead atoms. The quantitative estimate of drug-likeness (QED) is 0.656. The molecular formula is C13H14N4O3S2. The Labute approximate surface area is 136 Å². The maximum atomic E-state index is 12.1. The van der Waals surface area contributed by atoms with Crippen molar-refractivity contribution < 1.29 is 14.1 Å². The van der Waals surface area contributed by atoms with Crippen LogP contribution in [0.25, 0.3) is 0 Å². The Hall–Kier alpha value is -2.13. The average molecular weight is 338 g/mol. The topological polar surface area (TPSA) is 94.5 Å². The van der Waals surface area contributed by atoms with Gasteiger partial charge in [0.05, 0.1) is 18.0 Å². The molecule has 0 aliphatic heterocycles. The van der Waals surface area contributed by atoms with E-state index in [2.05, 4.69) is 14.7 Å². The number of thiocarbonyl (C=S) groups is 1. The molecule has 0 radical (unpaired) electrons. The lowest BCUT2D eigenvalue weighted by Gasteiger charge is -2.22. The predicted molar refractivity (Wildman–Crippen MR) is 86.6 cm³/mol. The van der Waals surface area contributed by atoms with Crippen LogP contribution >= 0.6 is 24.0 Å². The number of nitrogens with two attached hydrogens (primary N) is 1. The normalized spacial score (nSPS) is 10.2. The number of nitrogens with zero attached hydrogens (tertiary/aromatic N) is 3. The molecular weight excluding hydrogens is 324 g/mol. The van der Waals surface area contributed by atoms with Crippen molar-refractivity contribution in [3.05, 3.63) is 36.5 Å². The van der Waals surface area contributed by atoms with Gasteiger partial charge >= 0.3 is 6.09 Å². The average Bonchev–Trinajstić information content (AvgIpc) is 2.99. The van der Waals surface area contributed by atoms with E-state index in [0.29, 0.717) is 17.3 Å². The molecule has 0 aliphatic carbocycles. The molecule has 1 aromatic heterocycles. The van der Waals surface area contributed by atoms with Crippen LogP contribution in [0.15, 0.2) is 40.1 Å². The number of para-hydroxylation sites is 1. The predicted octanol–water partition coefficient (Wildman–Crippen LogP) is 2.57. The fraction of sp³-hybridized carbons (Fsp3) is 0.231. The summed E-state index contributed by atoms with van der Waals surface area (Å²) in [5.41, 5.74) is 6.22. The van der Waals surface area contributed by atoms with Crippen molar-refractivity contribution in [3.8, 4) is 0 Å². The third-order valence-electron chi connectivity index (χ3n) is 2.54. The third kappa shape index (κ3) is 3.95. The molecule has 1 amide bonds. The highest BCUT2D eigenvalue weighted by molar-refractivity contribution is 7.98. The highest BCUT2D eigenvalue weighted by Gasteiger charge is 2.22. The molecule has 0 saturated carbocycles. The molecule has 7 nitrogen and oxygen atoms in total. The highest BCUT2D eigenvalue weighted by Crippen LogP contribution is 2.32. The zero-order valence-corrected chi connectivity index (χ0v) is 13.4. The Morgan fingerprint density at radius 1 is 1.50 bits per heavy atom. The minimum atomic E-state index is -0.609. The van der Waals surface area contributed by atoms with Crippen LogP contribution in [0.1, 0.15) is 12.7 Å². The van der Waals surface area contributed by atoms with Crippen LogP contribution in [0.5, 0.6) is 0 Å². The number of ether oxygens (including phenoxy) is 1. The first-order valence-corrected chi connectivity index (χ1v) is 7.76. The second kappa shape index (κ2) is 7.76. The van der Waals surface area contributed by atoms with Crippen LogP contribution in [-0.2, 0) is 10.5 Å². The molecule has 0 fully saturated rings. The van der Waals surface area contributed by atoms with E-state index in [1.165, 1.54) is 18.2 Å². The first-order chi connectivity index (χ1) is 10.6. The maximum absolute atomic E-state index is 12.1. The van der Waals surface area contributed by atoms with Crippen LogP contribution in [-0.4, -0.2) is 28.0 Å². The van der Waals surface area contributed by atoms with Crippen molar-refractivity contribution >= 4 is 40.9 Å². The van der Waals surface area contributed by atoms with Gasteiger partial charge in [-0.05, 0) is 31.3 Å². The fourth-order valence-corrected chi connectivity index (χ4v) is 2.72. The number of hydrogen-bond acceptors (Lipinski definition) is 7. The summed E-state index contributed by atoms with van der Waals surface area (Å²) in [5, 5.41) is 3.67. The van der Waals surface area contributed by atoms with Crippen molar-refractivity contribution in [2.45, 2.75) is 17.6 Å². The Balaban J connectivity index is 2.24. The second-order valence-corrected chi connectivity index (χ2v) is 5.41. The molecule has 0 spiro atoms. The zero-order chi connectivity index (χ0) is 15.9. The molecule has 116 valence electrons. The largest absolute Gasteiger partial charge is 0.449 e. The van der Waals surface area contributed by atoms with Gasteiger partial charge in [-0.25, -0.2) is 9.69 Å². The molecule has 1 heterocycles. The van der Waals surface area contributed by atoms with E-state index in [-0.39, 0.29) is 11.7 Å². The molecule has 22 heavy (non-hydrogen) atoms. The SMILES string of the molecule is CCOC(=O)N(C(N)=S)c1ccccc1SCc1ncon1. The molecule has 9 heteroatoms. The van der Waals surface area contributed by atoms with Crippen molar-refractivity contribution in [2.24, 2.45) is 5.73 Å². The van der Waals surface area contributed by atoms with Crippen molar-refractivity contribution in [2.75, 3.05) is 11.5 Å². The summed E-state index contributed by atoms with van der Waals surface area (Å²) in [6.07, 6.45) is 0.657. The van der Waals surface area contributed by atoms with Gasteiger partial charge < -0.3 is 15.0 Å². The van der Waals surface area contributed by atoms with E-state index < -0.39 is 6.09 Å². The van der Waals surface area contributed by atoms with E-state index in [4.69, 9.17) is 22.7 Å². The van der Waals surface area contributed by atoms with Gasteiger partial charge in [0.15, 0.2) is 10.9 Å². The summed E-state index contributed by atoms with van der Waals surface area (Å²) in [6.45, 7) is 1.95. The summed E-state index contributed by atoms with van der Waals surface area (Å²) in [6, 6.07) is 7.24. The smallest absolute Gasteiger partial charge is 0.420 e. The molecule has 0 unspecified atom stereocenters. The van der Waals surface area contributed by atoms with E-state index >= 15 is 0 Å². The van der Waals surface area contributed by atoms with Crippen molar-refractivity contribution in [3.63, 3.8) is 0 Å². The van der Waals surface area contributed by atoms with Crippen LogP contribution in [0, 0.1) is 0 Å². The van der Waals surface area contributed by atoms with Gasteiger partial charge in [0.25, 0.3) is 0 Å². The number of benzene rings is 1. The molecule has 2 N–H and O–H groups in total. The summed E-state index contributed by atoms with van der Waals surface area (Å²) in [4.78, 5) is 18.0. The van der Waals surface area contributed by atoms with Crippen LogP contribution < -0.4 is 10.6 Å². The van der Waals surface area contributed by atoms with E-state index in [1.807, 2.05) is 12.1 Å². The summed E-state index contributed by atoms with van der Waals surface area (Å²) in [5.74, 6) is 1.04. The molecule has 0 aliphatic rings. The maximum Gasteiger partial charge on any atom is 0.420 e. The molecule has 1 aromatic carbocycles. The molecule has 2 rings (SSSR count). The number of hydrogen-bond donors (Lipinski definition) is 1. The first kappa shape index (κ1) is 16.2. The van der Waals surface area contributed by atoms with Crippen molar-refractivity contribution in [1.29, 1.82) is 0 Å². The fourth-order valence-electron chi connectivity index (χ4n) is 1.66. The van der Waals surface area contributed by atoms with E-state index in [0.717, 1.165) is 9.80 Å². The van der Waals surface area contributed by atoms with Gasteiger partial charge in [-0.3, -0.25) is 0 Å². The molecule has 2 aromatic rings. The molecule has 0 atom stereocenters. The van der Waals surface area contributed by atoms with Gasteiger partial charge in [-0.15, -0.1) is 11.8 Å². The number of amides is 1. The minimum Gasteiger partial charge on any atom is -0.449 e. The Kier molecular flexibility index (Phi) is 5.73. The number of rotatable bonds is 5. The minimum absolute atomic E-state index is 0.0777. The third-order valence-corrected chi connectivity index (χ3v) is 3.78. The van der Waals surface area contributed by atoms with E-state index in [1.54, 1.807) is 19.1 Å². The standard InChI is InChI=1S/C13H14N4O3S2/c1-2-19-13(18)17(12(14)21)9-5-3-4-6-10(9)22-7-11-15-8-20-16-11/h3-6,8H,2,7H2,1H3,(H2,14,21). The number of thioether (sulfide) groups is 1. The zero-order valence-electron chi connectivity index (χ0n) is 11.8. The van der Waals surface area contributed by atoms with Crippen molar-refractivity contribution in [1.82, 2.24) is 10.1 Å². The number of carbonyl (C=O) groups is 1. The van der Waals surface area contributed by atoms with Gasteiger partial charge in [0, 0.05) is 4.90 Å². The Bertz CT molecular complexity index is 648. The van der Waals surface area contributed by atoms with Crippen LogP contribution in [0.2, 0.25) is 0 Å². The van der Waals surface area contributed by atoms with E-state index in [9.17, 15) is 4.79 Å². The summed E-state index contributed by atoms with van der Waals surface area (Å²) in [7, 11) is 0. The first-order valence-electron chi connectivity index (χ1n) is 6.37. The highest BCUT2D eigenvalue weighted by atomic mass is 32.2. The summed E-state index contributed by atoms with van der Waals surface area (Å²) >= 11 is 6.40. The number of anilines is 1. The van der Waals surface area contributed by atoms with Crippen LogP contribution in [0.3, 0.4) is 0 Å². The van der Waals surface area contributed by atoms with Gasteiger partial charge in [0.1, 0.15) is 0 Å². The second-order valence-electron chi connectivity index (χ2n) is 3.98. The lowest BCUT2D eigenvalue weighted by Crippen LogP contribution is -2.41. The Morgan fingerprint density at radius 2 is 2.27 bits per heavy atom. The van der Waals surface area contributed by atoms with Gasteiger partial charge in [0.2, 0.25) is 6.39 Å². The summed E-state index contributed by atoms with van der Waals surface area (Å²) < 4.78 is 9.68. The number of carbonyl (C=O) groups excluding carboxylic acids is 1. The number of aromatic nitrogens is 2. The van der Waals surface area contributed by atoms with Gasteiger partial charge in [-0.1, -0.05) is 17.3 Å². The monoisotopic (exact) mass is 338 g/mol. The lowest BCUT2D eigenvalue weighted by molar-refractivity contribution is 0.163. The Morgan fingerprint density at radius 3 is 2.91 bits per heavy atom.